The number of anilines is 1. The van der Waals surface area contributed by atoms with E-state index in [1.54, 1.807) is 0 Å². The Morgan fingerprint density at radius 3 is 2.43 bits per heavy atom. The van der Waals surface area contributed by atoms with E-state index in [0.717, 1.165) is 38.0 Å². The van der Waals surface area contributed by atoms with E-state index in [-0.39, 0.29) is 23.7 Å². The van der Waals surface area contributed by atoms with Crippen LogP contribution in [-0.2, 0) is 16.0 Å². The zero-order valence-electron chi connectivity index (χ0n) is 12.5. The molecule has 0 spiro atoms. The van der Waals surface area contributed by atoms with Crippen molar-refractivity contribution in [2.75, 3.05) is 18.4 Å². The van der Waals surface area contributed by atoms with E-state index < -0.39 is 0 Å². The molecule has 3 rings (SSSR count). The molecule has 1 aromatic carbocycles. The molecule has 0 bridgehead atoms. The van der Waals surface area contributed by atoms with Crippen molar-refractivity contribution in [1.29, 1.82) is 0 Å². The lowest BCUT2D eigenvalue weighted by atomic mass is 10.1. The van der Waals surface area contributed by atoms with Crippen molar-refractivity contribution in [1.82, 2.24) is 4.90 Å². The molecule has 1 heterocycles. The molecule has 1 aromatic rings. The average molecular weight is 286 g/mol. The minimum atomic E-state index is -0.135. The van der Waals surface area contributed by atoms with Crippen molar-refractivity contribution in [3.05, 3.63) is 29.8 Å². The summed E-state index contributed by atoms with van der Waals surface area (Å²) in [4.78, 5) is 26.3. The normalized spacial score (nSPS) is 24.0. The van der Waals surface area contributed by atoms with Crippen molar-refractivity contribution >= 4 is 17.5 Å². The van der Waals surface area contributed by atoms with Gasteiger partial charge in [-0.15, -0.1) is 0 Å². The van der Waals surface area contributed by atoms with Crippen LogP contribution < -0.4 is 5.32 Å². The Morgan fingerprint density at radius 1 is 1.14 bits per heavy atom. The molecule has 0 radical (unpaired) electrons. The van der Waals surface area contributed by atoms with Crippen molar-refractivity contribution in [3.8, 4) is 0 Å². The lowest BCUT2D eigenvalue weighted by molar-refractivity contribution is -0.133. The molecule has 2 amide bonds. The van der Waals surface area contributed by atoms with Crippen LogP contribution in [-0.4, -0.2) is 29.8 Å². The van der Waals surface area contributed by atoms with E-state index in [4.69, 9.17) is 0 Å². The Bertz CT molecular complexity index is 532. The number of hydrogen-bond donors (Lipinski definition) is 1. The maximum atomic E-state index is 12.2. The standard InChI is InChI=1S/C17H22N2O2/c1-2-12-5-7-13(8-6-12)18-16(20)14-11-15(14)17(21)19-9-3-4-10-19/h5-8,14-15H,2-4,9-11H2,1H3,(H,18,20). The first-order valence-electron chi connectivity index (χ1n) is 7.87. The van der Waals surface area contributed by atoms with E-state index in [2.05, 4.69) is 12.2 Å². The highest BCUT2D eigenvalue weighted by atomic mass is 16.2. The largest absolute Gasteiger partial charge is 0.342 e. The zero-order valence-corrected chi connectivity index (χ0v) is 12.5. The smallest absolute Gasteiger partial charge is 0.228 e. The number of rotatable bonds is 4. The predicted octanol–water partition coefficient (Wildman–Crippen LogP) is 2.45. The van der Waals surface area contributed by atoms with Gasteiger partial charge in [0.05, 0.1) is 11.8 Å². The van der Waals surface area contributed by atoms with Gasteiger partial charge in [-0.2, -0.15) is 0 Å². The molecule has 21 heavy (non-hydrogen) atoms. The molecular formula is C17H22N2O2. The van der Waals surface area contributed by atoms with Crippen molar-refractivity contribution < 1.29 is 9.59 Å². The van der Waals surface area contributed by atoms with Crippen LogP contribution in [0, 0.1) is 11.8 Å². The van der Waals surface area contributed by atoms with Gasteiger partial charge in [0.15, 0.2) is 0 Å². The van der Waals surface area contributed by atoms with Gasteiger partial charge in [0.2, 0.25) is 11.8 Å². The number of benzene rings is 1. The second-order valence-electron chi connectivity index (χ2n) is 6.02. The van der Waals surface area contributed by atoms with Crippen LogP contribution in [0.5, 0.6) is 0 Å². The number of carbonyl (C=O) groups excluding carboxylic acids is 2. The maximum Gasteiger partial charge on any atom is 0.228 e. The summed E-state index contributed by atoms with van der Waals surface area (Å²) in [5.74, 6) is -0.0623. The number of likely N-dealkylation sites (tertiary alicyclic amines) is 1. The van der Waals surface area contributed by atoms with Gasteiger partial charge in [-0.3, -0.25) is 9.59 Å². The Balaban J connectivity index is 1.53. The molecular weight excluding hydrogens is 264 g/mol. The Morgan fingerprint density at radius 2 is 1.81 bits per heavy atom. The van der Waals surface area contributed by atoms with Crippen LogP contribution in [0.2, 0.25) is 0 Å². The fourth-order valence-corrected chi connectivity index (χ4v) is 2.99. The Kier molecular flexibility index (Phi) is 3.95. The van der Waals surface area contributed by atoms with Crippen LogP contribution >= 0.6 is 0 Å². The summed E-state index contributed by atoms with van der Waals surface area (Å²) in [5, 5.41) is 2.92. The van der Waals surface area contributed by atoms with Gasteiger partial charge in [-0.1, -0.05) is 19.1 Å². The molecule has 1 N–H and O–H groups in total. The summed E-state index contributed by atoms with van der Waals surface area (Å²) in [5.41, 5.74) is 2.07. The average Bonchev–Trinajstić information content (AvgIpc) is 3.13. The molecule has 112 valence electrons. The summed E-state index contributed by atoms with van der Waals surface area (Å²) in [6.07, 6.45) is 3.88. The monoisotopic (exact) mass is 286 g/mol. The number of carbonyl (C=O) groups is 2. The van der Waals surface area contributed by atoms with Crippen LogP contribution in [0.25, 0.3) is 0 Å². The third-order valence-electron chi connectivity index (χ3n) is 4.49. The first-order valence-corrected chi connectivity index (χ1v) is 7.87. The van der Waals surface area contributed by atoms with Gasteiger partial charge in [0.1, 0.15) is 0 Å². The minimum Gasteiger partial charge on any atom is -0.342 e. The lowest BCUT2D eigenvalue weighted by Crippen LogP contribution is -2.30. The fourth-order valence-electron chi connectivity index (χ4n) is 2.99. The summed E-state index contributed by atoms with van der Waals surface area (Å²) in [7, 11) is 0. The first kappa shape index (κ1) is 14.1. The highest BCUT2D eigenvalue weighted by Crippen LogP contribution is 2.41. The van der Waals surface area contributed by atoms with Crippen LogP contribution in [0.3, 0.4) is 0 Å². The fraction of sp³-hybridized carbons (Fsp3) is 0.529. The van der Waals surface area contributed by atoms with Crippen LogP contribution in [0.15, 0.2) is 24.3 Å². The predicted molar refractivity (Wildman–Crippen MR) is 81.9 cm³/mol. The molecule has 4 heteroatoms. The Hall–Kier alpha value is -1.84. The number of amides is 2. The third-order valence-corrected chi connectivity index (χ3v) is 4.49. The second kappa shape index (κ2) is 5.88. The van der Waals surface area contributed by atoms with Gasteiger partial charge in [-0.25, -0.2) is 0 Å². The van der Waals surface area contributed by atoms with E-state index in [1.165, 1.54) is 5.56 Å². The molecule has 4 nitrogen and oxygen atoms in total. The van der Waals surface area contributed by atoms with E-state index in [9.17, 15) is 9.59 Å². The summed E-state index contributed by atoms with van der Waals surface area (Å²) >= 11 is 0. The molecule has 2 atom stereocenters. The van der Waals surface area contributed by atoms with Crippen LogP contribution in [0.4, 0.5) is 5.69 Å². The van der Waals surface area contributed by atoms with Crippen molar-refractivity contribution in [3.63, 3.8) is 0 Å². The number of aryl methyl sites for hydroxylation is 1. The maximum absolute atomic E-state index is 12.2. The van der Waals surface area contributed by atoms with Gasteiger partial charge >= 0.3 is 0 Å². The van der Waals surface area contributed by atoms with Crippen molar-refractivity contribution in [2.24, 2.45) is 11.8 Å². The molecule has 1 aliphatic carbocycles. The summed E-state index contributed by atoms with van der Waals surface area (Å²) in [6, 6.07) is 7.90. The Labute approximate surface area is 125 Å². The van der Waals surface area contributed by atoms with Gasteiger partial charge in [0, 0.05) is 18.8 Å². The molecule has 1 aliphatic heterocycles. The van der Waals surface area contributed by atoms with Gasteiger partial charge < -0.3 is 10.2 Å². The number of nitrogens with one attached hydrogen (secondary N) is 1. The molecule has 2 unspecified atom stereocenters. The highest BCUT2D eigenvalue weighted by Gasteiger charge is 2.49. The molecule has 2 fully saturated rings. The zero-order chi connectivity index (χ0) is 14.8. The van der Waals surface area contributed by atoms with E-state index in [1.807, 2.05) is 29.2 Å². The summed E-state index contributed by atoms with van der Waals surface area (Å²) in [6.45, 7) is 3.83. The van der Waals surface area contributed by atoms with E-state index in [0.29, 0.717) is 6.42 Å². The van der Waals surface area contributed by atoms with E-state index >= 15 is 0 Å². The third kappa shape index (κ3) is 3.09. The second-order valence-corrected chi connectivity index (χ2v) is 6.02. The summed E-state index contributed by atoms with van der Waals surface area (Å²) < 4.78 is 0. The first-order chi connectivity index (χ1) is 10.2. The molecule has 2 aliphatic rings. The highest BCUT2D eigenvalue weighted by molar-refractivity contribution is 5.99. The quantitative estimate of drug-likeness (QED) is 0.924. The van der Waals surface area contributed by atoms with Gasteiger partial charge in [-0.05, 0) is 43.4 Å². The van der Waals surface area contributed by atoms with Gasteiger partial charge in [0.25, 0.3) is 0 Å². The van der Waals surface area contributed by atoms with Crippen molar-refractivity contribution in [2.45, 2.75) is 32.6 Å². The molecule has 0 aromatic heterocycles. The molecule has 1 saturated carbocycles. The SMILES string of the molecule is CCc1ccc(NC(=O)C2CC2C(=O)N2CCCC2)cc1. The lowest BCUT2D eigenvalue weighted by Gasteiger charge is -2.14. The minimum absolute atomic E-state index is 0.0169. The molecule has 1 saturated heterocycles. The number of hydrogen-bond acceptors (Lipinski definition) is 2. The van der Waals surface area contributed by atoms with Crippen LogP contribution in [0.1, 0.15) is 31.7 Å². The topological polar surface area (TPSA) is 49.4 Å². The number of nitrogens with zero attached hydrogens (tertiary/aromatic N) is 1.